The van der Waals surface area contributed by atoms with Gasteiger partial charge in [0.2, 0.25) is 0 Å². The maximum Gasteiger partial charge on any atom is 0.418 e. The molecule has 1 N–H and O–H groups in total. The van der Waals surface area contributed by atoms with Gasteiger partial charge in [-0.15, -0.1) is 0 Å². The first-order chi connectivity index (χ1) is 9.79. The smallest absolute Gasteiger partial charge is 0.320 e. The van der Waals surface area contributed by atoms with Crippen molar-refractivity contribution in [3.8, 4) is 0 Å². The summed E-state index contributed by atoms with van der Waals surface area (Å²) in [4.78, 5) is 15.8. The summed E-state index contributed by atoms with van der Waals surface area (Å²) >= 11 is 8.89. The highest BCUT2D eigenvalue weighted by molar-refractivity contribution is 9.10. The molecule has 1 aromatic heterocycles. The van der Waals surface area contributed by atoms with Crippen molar-refractivity contribution in [3.63, 3.8) is 0 Å². The summed E-state index contributed by atoms with van der Waals surface area (Å²) in [5.41, 5.74) is -1.37. The van der Waals surface area contributed by atoms with Gasteiger partial charge in [-0.25, -0.2) is 0 Å². The number of anilines is 1. The number of benzene rings is 1. The zero-order valence-corrected chi connectivity index (χ0v) is 12.6. The number of halogens is 5. The van der Waals surface area contributed by atoms with Gasteiger partial charge in [0, 0.05) is 16.9 Å². The summed E-state index contributed by atoms with van der Waals surface area (Å²) < 4.78 is 39.3. The second-order valence-corrected chi connectivity index (χ2v) is 5.33. The van der Waals surface area contributed by atoms with Crippen molar-refractivity contribution in [2.24, 2.45) is 0 Å². The lowest BCUT2D eigenvalue weighted by molar-refractivity contribution is -0.136. The Morgan fingerprint density at radius 2 is 2.00 bits per heavy atom. The summed E-state index contributed by atoms with van der Waals surface area (Å²) in [6, 6.07) is 4.72. The fourth-order valence-electron chi connectivity index (χ4n) is 1.61. The number of hydrogen-bond donors (Lipinski definition) is 1. The van der Waals surface area contributed by atoms with Gasteiger partial charge < -0.3 is 5.32 Å². The van der Waals surface area contributed by atoms with Crippen LogP contribution in [0.1, 0.15) is 15.9 Å². The van der Waals surface area contributed by atoms with Gasteiger partial charge in [0.25, 0.3) is 5.91 Å². The number of alkyl halides is 3. The van der Waals surface area contributed by atoms with E-state index in [2.05, 4.69) is 26.2 Å². The van der Waals surface area contributed by atoms with Crippen LogP contribution in [0.25, 0.3) is 0 Å². The van der Waals surface area contributed by atoms with Gasteiger partial charge in [0.1, 0.15) is 0 Å². The fourth-order valence-corrected chi connectivity index (χ4v) is 2.20. The first kappa shape index (κ1) is 15.8. The lowest BCUT2D eigenvalue weighted by Gasteiger charge is -2.15. The topological polar surface area (TPSA) is 42.0 Å². The summed E-state index contributed by atoms with van der Waals surface area (Å²) in [5, 5.41) is 1.98. The zero-order chi connectivity index (χ0) is 15.6. The largest absolute Gasteiger partial charge is 0.418 e. The third-order valence-electron chi connectivity index (χ3n) is 2.52. The number of hydrogen-bond acceptors (Lipinski definition) is 2. The van der Waals surface area contributed by atoms with E-state index in [4.69, 9.17) is 11.6 Å². The molecular formula is C13H7BrClF3N2O. The Bertz CT molecular complexity index is 691. The Morgan fingerprint density at radius 1 is 1.29 bits per heavy atom. The molecule has 0 saturated carbocycles. The average molecular weight is 380 g/mol. The molecule has 21 heavy (non-hydrogen) atoms. The van der Waals surface area contributed by atoms with Gasteiger partial charge in [0.05, 0.1) is 21.8 Å². The fraction of sp³-hybridized carbons (Fsp3) is 0.0769. The summed E-state index contributed by atoms with van der Waals surface area (Å²) in [5.74, 6) is -0.734. The number of nitrogens with zero attached hydrogens (tertiary/aromatic N) is 1. The Labute approximate surface area is 131 Å². The third-order valence-corrected chi connectivity index (χ3v) is 3.27. The Balaban J connectivity index is 2.38. The van der Waals surface area contributed by atoms with E-state index in [1.165, 1.54) is 30.6 Å². The van der Waals surface area contributed by atoms with Crippen molar-refractivity contribution in [2.45, 2.75) is 6.18 Å². The van der Waals surface area contributed by atoms with Crippen molar-refractivity contribution in [1.29, 1.82) is 0 Å². The second-order valence-electron chi connectivity index (χ2n) is 4.01. The van der Waals surface area contributed by atoms with Crippen LogP contribution in [0.15, 0.2) is 41.1 Å². The highest BCUT2D eigenvalue weighted by atomic mass is 79.9. The van der Waals surface area contributed by atoms with Gasteiger partial charge in [0.15, 0.2) is 0 Å². The van der Waals surface area contributed by atoms with Gasteiger partial charge >= 0.3 is 6.18 Å². The predicted molar refractivity (Wildman–Crippen MR) is 76.3 cm³/mol. The summed E-state index contributed by atoms with van der Waals surface area (Å²) in [7, 11) is 0. The van der Waals surface area contributed by atoms with E-state index < -0.39 is 23.3 Å². The van der Waals surface area contributed by atoms with Crippen molar-refractivity contribution < 1.29 is 18.0 Å². The molecule has 0 aliphatic carbocycles. The van der Waals surface area contributed by atoms with Gasteiger partial charge in [-0.2, -0.15) is 13.2 Å². The van der Waals surface area contributed by atoms with Crippen LogP contribution in [0.4, 0.5) is 18.9 Å². The molecule has 0 aliphatic heterocycles. The molecule has 8 heteroatoms. The van der Waals surface area contributed by atoms with Crippen LogP contribution in [-0.4, -0.2) is 10.9 Å². The third kappa shape index (κ3) is 3.74. The molecule has 0 spiro atoms. The van der Waals surface area contributed by atoms with Crippen LogP contribution in [0.3, 0.4) is 0 Å². The molecule has 0 aliphatic rings. The highest BCUT2D eigenvalue weighted by Gasteiger charge is 2.34. The SMILES string of the molecule is O=C(Nc1c(Cl)cccc1C(F)(F)F)c1cncc(Br)c1. The van der Waals surface area contributed by atoms with E-state index in [1.54, 1.807) is 0 Å². The maximum absolute atomic E-state index is 12.9. The molecule has 3 nitrogen and oxygen atoms in total. The molecule has 2 rings (SSSR count). The van der Waals surface area contributed by atoms with Crippen molar-refractivity contribution in [1.82, 2.24) is 4.98 Å². The molecule has 0 radical (unpaired) electrons. The van der Waals surface area contributed by atoms with Gasteiger partial charge in [-0.05, 0) is 34.1 Å². The molecule has 0 saturated heterocycles. The van der Waals surface area contributed by atoms with E-state index in [0.29, 0.717) is 4.47 Å². The number of nitrogens with one attached hydrogen (secondary N) is 1. The molecule has 1 aromatic carbocycles. The minimum atomic E-state index is -4.62. The van der Waals surface area contributed by atoms with Crippen LogP contribution in [-0.2, 0) is 6.18 Å². The normalized spacial score (nSPS) is 11.3. The van der Waals surface area contributed by atoms with E-state index in [-0.39, 0.29) is 10.6 Å². The van der Waals surface area contributed by atoms with E-state index in [1.807, 2.05) is 0 Å². The zero-order valence-electron chi connectivity index (χ0n) is 10.2. The van der Waals surface area contributed by atoms with Crippen LogP contribution in [0, 0.1) is 0 Å². The van der Waals surface area contributed by atoms with Crippen molar-refractivity contribution >= 4 is 39.1 Å². The van der Waals surface area contributed by atoms with Gasteiger partial charge in [-0.3, -0.25) is 9.78 Å². The van der Waals surface area contributed by atoms with Crippen molar-refractivity contribution in [3.05, 3.63) is 57.3 Å². The monoisotopic (exact) mass is 378 g/mol. The molecule has 0 fully saturated rings. The quantitative estimate of drug-likeness (QED) is 0.817. The molecule has 0 unspecified atom stereocenters. The number of carbonyl (C=O) groups is 1. The van der Waals surface area contributed by atoms with Crippen LogP contribution >= 0.6 is 27.5 Å². The number of para-hydroxylation sites is 1. The Morgan fingerprint density at radius 3 is 2.62 bits per heavy atom. The van der Waals surface area contributed by atoms with Crippen molar-refractivity contribution in [2.75, 3.05) is 5.32 Å². The molecule has 1 amide bonds. The Hall–Kier alpha value is -1.60. The minimum Gasteiger partial charge on any atom is -0.320 e. The van der Waals surface area contributed by atoms with Crippen LogP contribution in [0.5, 0.6) is 0 Å². The van der Waals surface area contributed by atoms with Crippen LogP contribution < -0.4 is 5.32 Å². The van der Waals surface area contributed by atoms with E-state index >= 15 is 0 Å². The van der Waals surface area contributed by atoms with E-state index in [9.17, 15) is 18.0 Å². The van der Waals surface area contributed by atoms with E-state index in [0.717, 1.165) is 6.07 Å². The molecule has 110 valence electrons. The minimum absolute atomic E-state index is 0.109. The lowest BCUT2D eigenvalue weighted by atomic mass is 10.1. The maximum atomic E-state index is 12.9. The standard InChI is InChI=1S/C13H7BrClF3N2O/c14-8-4-7(5-19-6-8)12(21)20-11-9(13(16,17)18)2-1-3-10(11)15/h1-6H,(H,20,21). The predicted octanol–water partition coefficient (Wildman–Crippen LogP) is 4.77. The van der Waals surface area contributed by atoms with Crippen LogP contribution in [0.2, 0.25) is 5.02 Å². The summed E-state index contributed by atoms with van der Waals surface area (Å²) in [6.45, 7) is 0. The first-order valence-electron chi connectivity index (χ1n) is 5.56. The molecular weight excluding hydrogens is 373 g/mol. The molecule has 0 bridgehead atoms. The number of rotatable bonds is 2. The number of carbonyl (C=O) groups excluding carboxylic acids is 1. The summed E-state index contributed by atoms with van der Waals surface area (Å²) in [6.07, 6.45) is -1.93. The second kappa shape index (κ2) is 6.03. The highest BCUT2D eigenvalue weighted by Crippen LogP contribution is 2.38. The average Bonchev–Trinajstić information content (AvgIpc) is 2.39. The number of pyridine rings is 1. The Kier molecular flexibility index (Phi) is 4.53. The lowest BCUT2D eigenvalue weighted by Crippen LogP contribution is -2.17. The first-order valence-corrected chi connectivity index (χ1v) is 6.74. The molecule has 0 atom stereocenters. The van der Waals surface area contributed by atoms with Gasteiger partial charge in [-0.1, -0.05) is 17.7 Å². The number of aromatic nitrogens is 1. The molecule has 2 aromatic rings. The number of amides is 1. The molecule has 1 heterocycles.